The zero-order chi connectivity index (χ0) is 15.9. The van der Waals surface area contributed by atoms with E-state index in [1.54, 1.807) is 0 Å². The molecule has 3 heteroatoms. The third-order valence-electron chi connectivity index (χ3n) is 5.60. The van der Waals surface area contributed by atoms with Gasteiger partial charge in [-0.2, -0.15) is 0 Å². The first-order valence-electron chi connectivity index (χ1n) is 7.98. The Hall–Kier alpha value is -0.643. The summed E-state index contributed by atoms with van der Waals surface area (Å²) in [5.74, 6) is 0. The monoisotopic (exact) mass is 306 g/mol. The molecule has 0 radical (unpaired) electrons. The lowest BCUT2D eigenvalue weighted by Crippen LogP contribution is -2.44. The molecule has 2 atom stereocenters. The van der Waals surface area contributed by atoms with Crippen molar-refractivity contribution in [3.8, 4) is 0 Å². The Labute approximate surface area is 131 Å². The van der Waals surface area contributed by atoms with Crippen molar-refractivity contribution in [1.29, 1.82) is 0 Å². The number of epoxide rings is 1. The molecule has 0 saturated carbocycles. The molecule has 1 aromatic carbocycles. The molecule has 1 fully saturated rings. The zero-order valence-electron chi connectivity index (χ0n) is 14.6. The van der Waals surface area contributed by atoms with Crippen molar-refractivity contribution in [2.45, 2.75) is 70.4 Å². The van der Waals surface area contributed by atoms with Gasteiger partial charge in [0.15, 0.2) is 8.32 Å². The highest BCUT2D eigenvalue weighted by molar-refractivity contribution is 6.74. The third-order valence-corrected chi connectivity index (χ3v) is 10.1. The Morgan fingerprint density at radius 2 is 1.71 bits per heavy atom. The Morgan fingerprint density at radius 1 is 1.14 bits per heavy atom. The van der Waals surface area contributed by atoms with Crippen molar-refractivity contribution in [3.05, 3.63) is 35.9 Å². The predicted octanol–water partition coefficient (Wildman–Crippen LogP) is 5.10. The van der Waals surface area contributed by atoms with Crippen LogP contribution >= 0.6 is 0 Å². The fourth-order valence-electron chi connectivity index (χ4n) is 2.64. The van der Waals surface area contributed by atoms with Gasteiger partial charge in [-0.05, 0) is 37.0 Å². The normalized spacial score (nSPS) is 29.5. The maximum atomic E-state index is 6.44. The predicted molar refractivity (Wildman–Crippen MR) is 91.1 cm³/mol. The average Bonchev–Trinajstić information content (AvgIpc) is 3.04. The summed E-state index contributed by atoms with van der Waals surface area (Å²) in [6.45, 7) is 16.5. The van der Waals surface area contributed by atoms with Crippen LogP contribution < -0.4 is 0 Å². The molecule has 21 heavy (non-hydrogen) atoms. The lowest BCUT2D eigenvalue weighted by Gasteiger charge is -2.37. The van der Waals surface area contributed by atoms with Gasteiger partial charge in [-0.3, -0.25) is 0 Å². The second-order valence-electron chi connectivity index (χ2n) is 7.90. The van der Waals surface area contributed by atoms with Crippen LogP contribution in [0.3, 0.4) is 0 Å². The van der Waals surface area contributed by atoms with E-state index in [0.717, 1.165) is 6.42 Å². The van der Waals surface area contributed by atoms with Gasteiger partial charge in [0.05, 0.1) is 6.61 Å². The average molecular weight is 307 g/mol. The molecular weight excluding hydrogens is 276 g/mol. The van der Waals surface area contributed by atoms with Crippen LogP contribution in [0.25, 0.3) is 0 Å². The van der Waals surface area contributed by atoms with Crippen molar-refractivity contribution < 1.29 is 9.16 Å². The Bertz CT molecular complexity index is 492. The van der Waals surface area contributed by atoms with Gasteiger partial charge in [0.25, 0.3) is 0 Å². The second-order valence-corrected chi connectivity index (χ2v) is 12.7. The Morgan fingerprint density at radius 3 is 2.19 bits per heavy atom. The molecule has 0 aromatic heterocycles. The minimum atomic E-state index is -1.73. The molecule has 2 rings (SSSR count). The molecular formula is C18H30O2Si. The number of hydrogen-bond donors (Lipinski definition) is 0. The van der Waals surface area contributed by atoms with Crippen molar-refractivity contribution in [2.24, 2.45) is 0 Å². The summed E-state index contributed by atoms with van der Waals surface area (Å²) in [5, 5.41) is 0.236. The summed E-state index contributed by atoms with van der Waals surface area (Å²) in [4.78, 5) is 0. The van der Waals surface area contributed by atoms with Crippen molar-refractivity contribution >= 4 is 8.32 Å². The van der Waals surface area contributed by atoms with Gasteiger partial charge in [-0.15, -0.1) is 0 Å². The fourth-order valence-corrected chi connectivity index (χ4v) is 3.66. The molecule has 1 heterocycles. The highest BCUT2D eigenvalue weighted by atomic mass is 28.4. The van der Waals surface area contributed by atoms with Crippen LogP contribution in [0.4, 0.5) is 0 Å². The van der Waals surface area contributed by atoms with E-state index in [9.17, 15) is 0 Å². The second kappa shape index (κ2) is 5.22. The van der Waals surface area contributed by atoms with Gasteiger partial charge in [0.1, 0.15) is 11.2 Å². The van der Waals surface area contributed by atoms with Crippen molar-refractivity contribution in [3.63, 3.8) is 0 Å². The summed E-state index contributed by atoms with van der Waals surface area (Å²) in [6.07, 6.45) is 0.979. The van der Waals surface area contributed by atoms with Gasteiger partial charge in [-0.25, -0.2) is 0 Å². The molecule has 0 N–H and O–H groups in total. The number of hydrogen-bond acceptors (Lipinski definition) is 2. The number of ether oxygens (including phenoxy) is 1. The molecule has 0 unspecified atom stereocenters. The smallest absolute Gasteiger partial charge is 0.192 e. The van der Waals surface area contributed by atoms with E-state index in [-0.39, 0.29) is 16.2 Å². The van der Waals surface area contributed by atoms with Gasteiger partial charge in [0, 0.05) is 0 Å². The minimum absolute atomic E-state index is 0.163. The molecule has 0 bridgehead atoms. The summed E-state index contributed by atoms with van der Waals surface area (Å²) in [6, 6.07) is 10.5. The molecule has 1 aromatic rings. The van der Waals surface area contributed by atoms with Crippen molar-refractivity contribution in [2.75, 3.05) is 6.61 Å². The van der Waals surface area contributed by atoms with Gasteiger partial charge in [-0.1, -0.05) is 58.0 Å². The largest absolute Gasteiger partial charge is 0.414 e. The summed E-state index contributed by atoms with van der Waals surface area (Å²) >= 11 is 0. The van der Waals surface area contributed by atoms with E-state index >= 15 is 0 Å². The van der Waals surface area contributed by atoms with E-state index in [1.807, 2.05) is 0 Å². The highest BCUT2D eigenvalue weighted by Crippen LogP contribution is 2.58. The van der Waals surface area contributed by atoms with Crippen LogP contribution in [-0.4, -0.2) is 20.5 Å². The molecule has 0 amide bonds. The van der Waals surface area contributed by atoms with Gasteiger partial charge < -0.3 is 9.16 Å². The molecule has 1 aliphatic rings. The SMILES string of the molecule is CC[C@]1(CO[Si](C)(C)C(C)(C)C)O[C@]1(C)c1ccccc1. The Balaban J connectivity index is 2.13. The maximum Gasteiger partial charge on any atom is 0.192 e. The molecule has 0 aliphatic carbocycles. The van der Waals surface area contributed by atoms with E-state index in [1.165, 1.54) is 5.56 Å². The first kappa shape index (κ1) is 16.7. The molecule has 118 valence electrons. The molecule has 0 spiro atoms. The lowest BCUT2D eigenvalue weighted by atomic mass is 9.86. The lowest BCUT2D eigenvalue weighted by molar-refractivity contribution is 0.170. The molecule has 2 nitrogen and oxygen atoms in total. The van der Waals surface area contributed by atoms with Gasteiger partial charge >= 0.3 is 0 Å². The minimum Gasteiger partial charge on any atom is -0.414 e. The fraction of sp³-hybridized carbons (Fsp3) is 0.667. The number of rotatable bonds is 5. The van der Waals surface area contributed by atoms with Crippen LogP contribution in [0.2, 0.25) is 18.1 Å². The standard InChI is InChI=1S/C18H30O2Si/c1-8-18(14-19-21(6,7)16(2,3)4)17(5,20-18)15-12-10-9-11-13-15/h9-13H,8,14H2,1-7H3/t17-,18-/m1/s1. The van der Waals surface area contributed by atoms with Crippen molar-refractivity contribution in [1.82, 2.24) is 0 Å². The van der Waals surface area contributed by atoms with Crippen LogP contribution in [0.15, 0.2) is 30.3 Å². The Kier molecular flexibility index (Phi) is 4.16. The van der Waals surface area contributed by atoms with E-state index in [0.29, 0.717) is 6.61 Å². The molecule has 1 aliphatic heterocycles. The van der Waals surface area contributed by atoms with Crippen LogP contribution in [0, 0.1) is 0 Å². The van der Waals surface area contributed by atoms with Crippen LogP contribution in [-0.2, 0) is 14.8 Å². The molecule has 1 saturated heterocycles. The quantitative estimate of drug-likeness (QED) is 0.557. The van der Waals surface area contributed by atoms with E-state index < -0.39 is 8.32 Å². The topological polar surface area (TPSA) is 21.8 Å². The third kappa shape index (κ3) is 2.83. The first-order chi connectivity index (χ1) is 9.58. The first-order valence-corrected chi connectivity index (χ1v) is 10.9. The van der Waals surface area contributed by atoms with E-state index in [4.69, 9.17) is 9.16 Å². The zero-order valence-corrected chi connectivity index (χ0v) is 15.6. The van der Waals surface area contributed by atoms with Gasteiger partial charge in [0.2, 0.25) is 0 Å². The number of benzene rings is 1. The highest BCUT2D eigenvalue weighted by Gasteiger charge is 2.67. The van der Waals surface area contributed by atoms with Crippen LogP contribution in [0.5, 0.6) is 0 Å². The maximum absolute atomic E-state index is 6.44. The summed E-state index contributed by atoms with van der Waals surface area (Å²) in [7, 11) is -1.73. The van der Waals surface area contributed by atoms with E-state index in [2.05, 4.69) is 78.0 Å². The summed E-state index contributed by atoms with van der Waals surface area (Å²) in [5.41, 5.74) is 0.889. The van der Waals surface area contributed by atoms with Crippen LogP contribution in [0.1, 0.15) is 46.6 Å². The summed E-state index contributed by atoms with van der Waals surface area (Å²) < 4.78 is 12.7.